The maximum atomic E-state index is 5.73. The van der Waals surface area contributed by atoms with Gasteiger partial charge in [0.2, 0.25) is 0 Å². The van der Waals surface area contributed by atoms with Crippen molar-refractivity contribution < 1.29 is 0 Å². The molecule has 0 aliphatic carbocycles. The molecule has 2 aromatic rings. The number of halogens is 1. The summed E-state index contributed by atoms with van der Waals surface area (Å²) in [6.07, 6.45) is 1.80. The van der Waals surface area contributed by atoms with Crippen LogP contribution in [0.2, 0.25) is 0 Å². The molecular formula is C11H16BrN5S. The third-order valence-electron chi connectivity index (χ3n) is 2.76. The van der Waals surface area contributed by atoms with Crippen molar-refractivity contribution in [2.24, 2.45) is 5.84 Å². The van der Waals surface area contributed by atoms with Crippen LogP contribution < -0.4 is 11.3 Å². The minimum Gasteiger partial charge on any atom is -0.270 e. The van der Waals surface area contributed by atoms with Crippen molar-refractivity contribution in [3.63, 3.8) is 0 Å². The van der Waals surface area contributed by atoms with Crippen molar-refractivity contribution in [1.82, 2.24) is 20.2 Å². The fraction of sp³-hybridized carbons (Fsp3) is 0.455. The van der Waals surface area contributed by atoms with E-state index in [-0.39, 0.29) is 12.1 Å². The molecule has 2 aromatic heterocycles. The lowest BCUT2D eigenvalue weighted by Gasteiger charge is -2.19. The lowest BCUT2D eigenvalue weighted by atomic mass is 10.1. The fourth-order valence-corrected chi connectivity index (χ4v) is 3.26. The predicted octanol–water partition coefficient (Wildman–Crippen LogP) is 2.54. The number of aryl methyl sites for hydroxylation is 1. The number of nitrogens with one attached hydrogen (secondary N) is 1. The van der Waals surface area contributed by atoms with Gasteiger partial charge in [-0.05, 0) is 36.7 Å². The molecule has 1 atom stereocenters. The summed E-state index contributed by atoms with van der Waals surface area (Å²) in [5.74, 6) is 5.73. The summed E-state index contributed by atoms with van der Waals surface area (Å²) in [6, 6.07) is 0.173. The van der Waals surface area contributed by atoms with E-state index < -0.39 is 0 Å². The van der Waals surface area contributed by atoms with E-state index in [2.05, 4.69) is 45.3 Å². The molecule has 0 saturated carbocycles. The second-order valence-electron chi connectivity index (χ2n) is 4.32. The molecule has 2 heterocycles. The maximum absolute atomic E-state index is 5.73. The normalized spacial score (nSPS) is 13.2. The average Bonchev–Trinajstić information content (AvgIpc) is 2.89. The summed E-state index contributed by atoms with van der Waals surface area (Å²) >= 11 is 5.14. The summed E-state index contributed by atoms with van der Waals surface area (Å²) in [6.45, 7) is 6.17. The Kier molecular flexibility index (Phi) is 4.16. The summed E-state index contributed by atoms with van der Waals surface area (Å²) in [7, 11) is 0. The Morgan fingerprint density at radius 3 is 2.72 bits per heavy atom. The largest absolute Gasteiger partial charge is 0.270 e. The topological polar surface area (TPSA) is 68.8 Å². The first-order chi connectivity index (χ1) is 8.56. The molecule has 0 aliphatic rings. The van der Waals surface area contributed by atoms with E-state index in [1.165, 1.54) is 0 Å². The molecule has 7 heteroatoms. The molecule has 0 saturated heterocycles. The smallest absolute Gasteiger partial charge is 0.1000 e. The van der Waals surface area contributed by atoms with Gasteiger partial charge in [0.25, 0.3) is 0 Å². The molecule has 18 heavy (non-hydrogen) atoms. The van der Waals surface area contributed by atoms with E-state index in [4.69, 9.17) is 5.84 Å². The number of nitrogens with two attached hydrogens (primary N) is 1. The van der Waals surface area contributed by atoms with Crippen LogP contribution in [0.4, 0.5) is 0 Å². The van der Waals surface area contributed by atoms with Crippen LogP contribution in [0.15, 0.2) is 16.2 Å². The minimum absolute atomic E-state index is 0.100. The Morgan fingerprint density at radius 1 is 1.50 bits per heavy atom. The number of rotatable bonds is 4. The second kappa shape index (κ2) is 5.48. The zero-order valence-electron chi connectivity index (χ0n) is 10.5. The number of hydrazine groups is 1. The SMILES string of the molecule is Cc1ncsc1C(NN)c1c(Br)cnn1C(C)C. The zero-order chi connectivity index (χ0) is 13.3. The van der Waals surface area contributed by atoms with E-state index in [0.717, 1.165) is 20.7 Å². The molecule has 3 N–H and O–H groups in total. The second-order valence-corrected chi connectivity index (χ2v) is 6.06. The van der Waals surface area contributed by atoms with Gasteiger partial charge in [-0.3, -0.25) is 10.5 Å². The van der Waals surface area contributed by atoms with Gasteiger partial charge < -0.3 is 0 Å². The highest BCUT2D eigenvalue weighted by Crippen LogP contribution is 2.33. The van der Waals surface area contributed by atoms with Gasteiger partial charge in [-0.1, -0.05) is 0 Å². The predicted molar refractivity (Wildman–Crippen MR) is 76.3 cm³/mol. The van der Waals surface area contributed by atoms with E-state index >= 15 is 0 Å². The van der Waals surface area contributed by atoms with Gasteiger partial charge in [-0.2, -0.15) is 5.10 Å². The van der Waals surface area contributed by atoms with Crippen molar-refractivity contribution in [1.29, 1.82) is 0 Å². The molecule has 0 aromatic carbocycles. The lowest BCUT2D eigenvalue weighted by Crippen LogP contribution is -2.31. The van der Waals surface area contributed by atoms with Gasteiger partial charge in [-0.15, -0.1) is 11.3 Å². The first-order valence-electron chi connectivity index (χ1n) is 5.65. The Hall–Kier alpha value is -0.760. The Bertz CT molecular complexity index is 533. The summed E-state index contributed by atoms with van der Waals surface area (Å²) in [4.78, 5) is 5.39. The van der Waals surface area contributed by atoms with Crippen LogP contribution in [-0.4, -0.2) is 14.8 Å². The summed E-state index contributed by atoms with van der Waals surface area (Å²) in [5, 5.41) is 4.38. The van der Waals surface area contributed by atoms with Crippen molar-refractivity contribution in [3.8, 4) is 0 Å². The van der Waals surface area contributed by atoms with Gasteiger partial charge >= 0.3 is 0 Å². The van der Waals surface area contributed by atoms with Crippen LogP contribution in [0.3, 0.4) is 0 Å². The fourth-order valence-electron chi connectivity index (χ4n) is 1.90. The quantitative estimate of drug-likeness (QED) is 0.668. The standard InChI is InChI=1S/C11H16BrN5S/c1-6(2)17-10(8(12)4-15-17)9(16-13)11-7(3)14-5-18-11/h4-6,9,16H,13H2,1-3H3. The molecular weight excluding hydrogens is 314 g/mol. The van der Waals surface area contributed by atoms with Gasteiger partial charge in [0.1, 0.15) is 0 Å². The maximum Gasteiger partial charge on any atom is 0.1000 e. The molecule has 0 bridgehead atoms. The van der Waals surface area contributed by atoms with Gasteiger partial charge in [-0.25, -0.2) is 10.4 Å². The van der Waals surface area contributed by atoms with E-state index in [9.17, 15) is 0 Å². The van der Waals surface area contributed by atoms with Crippen molar-refractivity contribution >= 4 is 27.3 Å². The third kappa shape index (κ3) is 2.35. The number of hydrogen-bond acceptors (Lipinski definition) is 5. The first-order valence-corrected chi connectivity index (χ1v) is 7.32. The molecule has 98 valence electrons. The monoisotopic (exact) mass is 329 g/mol. The number of aromatic nitrogens is 3. The van der Waals surface area contributed by atoms with Crippen LogP contribution in [0.1, 0.15) is 42.2 Å². The highest BCUT2D eigenvalue weighted by atomic mass is 79.9. The third-order valence-corrected chi connectivity index (χ3v) is 4.37. The van der Waals surface area contributed by atoms with Crippen LogP contribution in [0.25, 0.3) is 0 Å². The molecule has 2 rings (SSSR count). The number of thiazole rings is 1. The zero-order valence-corrected chi connectivity index (χ0v) is 12.9. The molecule has 0 radical (unpaired) electrons. The van der Waals surface area contributed by atoms with E-state index in [0.29, 0.717) is 0 Å². The van der Waals surface area contributed by atoms with Crippen molar-refractivity contribution in [3.05, 3.63) is 32.4 Å². The molecule has 0 aliphatic heterocycles. The van der Waals surface area contributed by atoms with E-state index in [1.807, 2.05) is 17.1 Å². The van der Waals surface area contributed by atoms with Crippen molar-refractivity contribution in [2.45, 2.75) is 32.9 Å². The molecule has 0 amide bonds. The van der Waals surface area contributed by atoms with Crippen LogP contribution >= 0.6 is 27.3 Å². The van der Waals surface area contributed by atoms with Crippen LogP contribution in [-0.2, 0) is 0 Å². The highest BCUT2D eigenvalue weighted by Gasteiger charge is 2.24. The molecule has 1 unspecified atom stereocenters. The van der Waals surface area contributed by atoms with Crippen molar-refractivity contribution in [2.75, 3.05) is 0 Å². The highest BCUT2D eigenvalue weighted by molar-refractivity contribution is 9.10. The number of nitrogens with zero attached hydrogens (tertiary/aromatic N) is 3. The van der Waals surface area contributed by atoms with Gasteiger partial charge in [0.05, 0.1) is 38.5 Å². The molecule has 0 fully saturated rings. The Balaban J connectivity index is 2.52. The average molecular weight is 330 g/mol. The molecule has 5 nitrogen and oxygen atoms in total. The lowest BCUT2D eigenvalue weighted by molar-refractivity contribution is 0.477. The summed E-state index contributed by atoms with van der Waals surface area (Å²) in [5.41, 5.74) is 6.72. The Labute approximate surface area is 119 Å². The first kappa shape index (κ1) is 13.7. The Morgan fingerprint density at radius 2 is 2.22 bits per heavy atom. The van der Waals surface area contributed by atoms with E-state index in [1.54, 1.807) is 17.5 Å². The van der Waals surface area contributed by atoms with Crippen LogP contribution in [0, 0.1) is 6.92 Å². The van der Waals surface area contributed by atoms with Gasteiger partial charge in [0, 0.05) is 6.04 Å². The van der Waals surface area contributed by atoms with Gasteiger partial charge in [0.15, 0.2) is 0 Å². The number of hydrogen-bond donors (Lipinski definition) is 2. The minimum atomic E-state index is -0.100. The summed E-state index contributed by atoms with van der Waals surface area (Å²) < 4.78 is 2.92. The van der Waals surface area contributed by atoms with Crippen LogP contribution in [0.5, 0.6) is 0 Å². The molecule has 0 spiro atoms.